The zero-order valence-electron chi connectivity index (χ0n) is 8.40. The van der Waals surface area contributed by atoms with Crippen LogP contribution in [0, 0.1) is 0 Å². The molecule has 0 bridgehead atoms. The minimum Gasteiger partial charge on any atom is -0.227 e. The number of benzene rings is 1. The molecule has 1 heterocycles. The number of carbonyl (C=O) groups is 1. The summed E-state index contributed by atoms with van der Waals surface area (Å²) < 4.78 is 0.0622. The molecule has 14 heavy (non-hydrogen) atoms. The molecule has 1 aliphatic heterocycles. The second kappa shape index (κ2) is 3.03. The Morgan fingerprint density at radius 3 is 2.43 bits per heavy atom. The van der Waals surface area contributed by atoms with Crippen molar-refractivity contribution in [2.45, 2.75) is 13.3 Å². The van der Waals surface area contributed by atoms with Gasteiger partial charge in [0.1, 0.15) is 13.5 Å². The van der Waals surface area contributed by atoms with Gasteiger partial charge in [0, 0.05) is 12.1 Å². The van der Waals surface area contributed by atoms with E-state index in [0.717, 1.165) is 11.4 Å². The lowest BCUT2D eigenvalue weighted by Crippen LogP contribution is -2.41. The van der Waals surface area contributed by atoms with E-state index in [9.17, 15) is 4.79 Å². The Morgan fingerprint density at radius 2 is 1.93 bits per heavy atom. The van der Waals surface area contributed by atoms with Crippen LogP contribution in [0.2, 0.25) is 0 Å². The first kappa shape index (κ1) is 9.09. The predicted molar refractivity (Wildman–Crippen MR) is 56.9 cm³/mol. The van der Waals surface area contributed by atoms with Crippen LogP contribution >= 0.6 is 0 Å². The van der Waals surface area contributed by atoms with Gasteiger partial charge in [-0.3, -0.25) is 0 Å². The van der Waals surface area contributed by atoms with E-state index >= 15 is 0 Å². The Kier molecular flexibility index (Phi) is 1.97. The Hall–Kier alpha value is -1.48. The van der Waals surface area contributed by atoms with Crippen LogP contribution in [0.25, 0.3) is 0 Å². The van der Waals surface area contributed by atoms with Crippen molar-refractivity contribution in [3.63, 3.8) is 0 Å². The molecule has 72 valence electrons. The molecule has 3 heteroatoms. The molecule has 1 amide bonds. The van der Waals surface area contributed by atoms with Gasteiger partial charge in [-0.05, 0) is 6.92 Å². The monoisotopic (exact) mass is 189 g/mol. The largest absolute Gasteiger partial charge is 0.350 e. The summed E-state index contributed by atoms with van der Waals surface area (Å²) in [6, 6.07) is 9.65. The third-order valence-corrected chi connectivity index (χ3v) is 2.52. The predicted octanol–water partition coefficient (Wildman–Crippen LogP) is 1.93. The maximum absolute atomic E-state index is 11.8. The highest BCUT2D eigenvalue weighted by Gasteiger charge is 2.40. The summed E-state index contributed by atoms with van der Waals surface area (Å²) in [5.74, 6) is 0.133. The SMILES string of the molecule is CC1=N[N+](C)(c2ccccc2)C(=O)C1. The van der Waals surface area contributed by atoms with Crippen molar-refractivity contribution in [3.8, 4) is 0 Å². The van der Waals surface area contributed by atoms with E-state index in [2.05, 4.69) is 5.10 Å². The van der Waals surface area contributed by atoms with Crippen molar-refractivity contribution in [2.75, 3.05) is 7.05 Å². The summed E-state index contributed by atoms with van der Waals surface area (Å²) in [6.45, 7) is 1.89. The van der Waals surface area contributed by atoms with Crippen molar-refractivity contribution < 1.29 is 4.79 Å². The molecule has 1 unspecified atom stereocenters. The first-order valence-electron chi connectivity index (χ1n) is 4.64. The van der Waals surface area contributed by atoms with E-state index in [-0.39, 0.29) is 10.5 Å². The van der Waals surface area contributed by atoms with Gasteiger partial charge in [-0.25, -0.2) is 4.79 Å². The number of nitrogens with zero attached hydrogens (tertiary/aromatic N) is 2. The summed E-state index contributed by atoms with van der Waals surface area (Å²) in [5.41, 5.74) is 1.83. The molecule has 0 spiro atoms. The maximum Gasteiger partial charge on any atom is 0.350 e. The van der Waals surface area contributed by atoms with Gasteiger partial charge in [0.2, 0.25) is 0 Å². The molecule has 1 aliphatic rings. The molecule has 0 saturated heterocycles. The summed E-state index contributed by atoms with van der Waals surface area (Å²) in [7, 11) is 1.83. The topological polar surface area (TPSA) is 29.4 Å². The average molecular weight is 189 g/mol. The lowest BCUT2D eigenvalue weighted by atomic mass is 10.2. The zero-order valence-corrected chi connectivity index (χ0v) is 8.40. The van der Waals surface area contributed by atoms with Crippen LogP contribution in [0.1, 0.15) is 13.3 Å². The molecule has 0 saturated carbocycles. The van der Waals surface area contributed by atoms with Crippen LogP contribution in [0.3, 0.4) is 0 Å². The fraction of sp³-hybridized carbons (Fsp3) is 0.273. The van der Waals surface area contributed by atoms with Gasteiger partial charge >= 0.3 is 5.91 Å². The number of hydrogen-bond acceptors (Lipinski definition) is 2. The Morgan fingerprint density at radius 1 is 1.29 bits per heavy atom. The standard InChI is InChI=1S/C11H13N2O/c1-9-8-11(14)13(2,12-9)10-6-4-3-5-7-10/h3-7H,8H2,1-2H3/q+1. The van der Waals surface area contributed by atoms with Crippen molar-refractivity contribution in [2.24, 2.45) is 5.10 Å². The molecule has 2 rings (SSSR count). The van der Waals surface area contributed by atoms with Crippen LogP contribution in [-0.2, 0) is 4.79 Å². The molecule has 0 fully saturated rings. The molecule has 0 radical (unpaired) electrons. The van der Waals surface area contributed by atoms with Crippen LogP contribution in [-0.4, -0.2) is 18.7 Å². The third kappa shape index (κ3) is 1.26. The second-order valence-corrected chi connectivity index (χ2v) is 3.70. The van der Waals surface area contributed by atoms with Gasteiger partial charge in [0.15, 0.2) is 5.69 Å². The Labute approximate surface area is 83.2 Å². The molecule has 1 atom stereocenters. The molecular formula is C11H13N2O+. The van der Waals surface area contributed by atoms with E-state index in [4.69, 9.17) is 0 Å². The van der Waals surface area contributed by atoms with E-state index in [1.165, 1.54) is 0 Å². The van der Waals surface area contributed by atoms with Gasteiger partial charge in [0.05, 0.1) is 5.71 Å². The Balaban J connectivity index is 2.48. The fourth-order valence-electron chi connectivity index (χ4n) is 1.73. The summed E-state index contributed by atoms with van der Waals surface area (Å²) >= 11 is 0. The average Bonchev–Trinajstić information content (AvgIpc) is 2.43. The van der Waals surface area contributed by atoms with E-state index in [0.29, 0.717) is 6.42 Å². The number of para-hydroxylation sites is 1. The highest BCUT2D eigenvalue weighted by atomic mass is 16.2. The van der Waals surface area contributed by atoms with Crippen molar-refractivity contribution >= 4 is 17.3 Å². The number of amides is 1. The highest BCUT2D eigenvalue weighted by molar-refractivity contribution is 6.08. The highest BCUT2D eigenvalue weighted by Crippen LogP contribution is 2.26. The van der Waals surface area contributed by atoms with E-state index in [1.54, 1.807) is 0 Å². The lowest BCUT2D eigenvalue weighted by molar-refractivity contribution is -0.126. The minimum atomic E-state index is 0.0622. The van der Waals surface area contributed by atoms with Crippen LogP contribution in [0.5, 0.6) is 0 Å². The normalized spacial score (nSPS) is 26.4. The zero-order chi connectivity index (χ0) is 10.2. The molecule has 0 N–H and O–H groups in total. The lowest BCUT2D eigenvalue weighted by Gasteiger charge is -2.19. The fourth-order valence-corrected chi connectivity index (χ4v) is 1.73. The van der Waals surface area contributed by atoms with Crippen LogP contribution in [0.15, 0.2) is 35.4 Å². The quantitative estimate of drug-likeness (QED) is 0.621. The molecule has 1 aromatic carbocycles. The third-order valence-electron chi connectivity index (χ3n) is 2.52. The second-order valence-electron chi connectivity index (χ2n) is 3.70. The maximum atomic E-state index is 11.8. The van der Waals surface area contributed by atoms with Crippen molar-refractivity contribution in [1.29, 1.82) is 0 Å². The molecule has 0 aromatic heterocycles. The number of quaternary nitrogens is 1. The summed E-state index contributed by atoms with van der Waals surface area (Å²) in [5, 5.41) is 4.38. The molecule has 3 nitrogen and oxygen atoms in total. The number of rotatable bonds is 1. The minimum absolute atomic E-state index is 0.0622. The molecule has 1 aromatic rings. The Bertz CT molecular complexity index is 397. The van der Waals surface area contributed by atoms with Crippen molar-refractivity contribution in [1.82, 2.24) is 4.59 Å². The van der Waals surface area contributed by atoms with Gasteiger partial charge < -0.3 is 0 Å². The summed E-state index contributed by atoms with van der Waals surface area (Å²) in [4.78, 5) is 11.8. The van der Waals surface area contributed by atoms with Gasteiger partial charge in [-0.2, -0.15) is 0 Å². The number of hydrogen-bond donors (Lipinski definition) is 0. The van der Waals surface area contributed by atoms with Gasteiger partial charge in [-0.1, -0.05) is 23.3 Å². The first-order valence-corrected chi connectivity index (χ1v) is 4.64. The molecule has 0 aliphatic carbocycles. The van der Waals surface area contributed by atoms with Crippen LogP contribution in [0.4, 0.5) is 5.69 Å². The summed E-state index contributed by atoms with van der Waals surface area (Å²) in [6.07, 6.45) is 0.464. The van der Waals surface area contributed by atoms with Gasteiger partial charge in [-0.15, -0.1) is 4.59 Å². The van der Waals surface area contributed by atoms with Crippen LogP contribution < -0.4 is 4.59 Å². The number of carbonyl (C=O) groups excluding carboxylic acids is 1. The first-order chi connectivity index (χ1) is 6.63. The molecular weight excluding hydrogens is 176 g/mol. The van der Waals surface area contributed by atoms with E-state index in [1.807, 2.05) is 44.3 Å². The smallest absolute Gasteiger partial charge is 0.227 e. The van der Waals surface area contributed by atoms with Crippen molar-refractivity contribution in [3.05, 3.63) is 30.3 Å². The van der Waals surface area contributed by atoms with Gasteiger partial charge in [0.25, 0.3) is 0 Å². The van der Waals surface area contributed by atoms with E-state index < -0.39 is 0 Å².